The first-order valence-corrected chi connectivity index (χ1v) is 12.6. The lowest BCUT2D eigenvalue weighted by Gasteiger charge is -2.35. The van der Waals surface area contributed by atoms with Crippen LogP contribution in [0.25, 0.3) is 0 Å². The van der Waals surface area contributed by atoms with Gasteiger partial charge >= 0.3 is 0 Å². The SMILES string of the molecule is CC(=O)C(C)(C)CNC(=O)C(C)(C)CC(C)(C)NC(=O)C/C=C/CC(=O)NC(C)(C)CC(C)(C)C=O. The Hall–Kier alpha value is -2.51. The standard InChI is InChI=1S/C28H49N3O5/c1-20(33)26(6,7)18-29-23(36)25(4,5)17-28(10,11)31-22(35)15-13-12-14-21(34)30-27(8,9)16-24(2,3)19-32/h12-13,19H,14-18H2,1-11H3,(H,29,36)(H,30,34)(H,31,35)/b13-12+. The highest BCUT2D eigenvalue weighted by Crippen LogP contribution is 2.29. The van der Waals surface area contributed by atoms with Crippen molar-refractivity contribution in [2.24, 2.45) is 16.2 Å². The van der Waals surface area contributed by atoms with E-state index in [2.05, 4.69) is 16.0 Å². The van der Waals surface area contributed by atoms with E-state index in [-0.39, 0.29) is 42.9 Å². The van der Waals surface area contributed by atoms with Gasteiger partial charge in [0, 0.05) is 46.7 Å². The average Bonchev–Trinajstić information content (AvgIpc) is 2.66. The zero-order chi connectivity index (χ0) is 28.6. The minimum Gasteiger partial charge on any atom is -0.355 e. The zero-order valence-electron chi connectivity index (χ0n) is 24.3. The molecular formula is C28H49N3O5. The molecular weight excluding hydrogens is 458 g/mol. The number of Topliss-reactive ketones (excluding diaryl/α,β-unsaturated/α-hetero) is 1. The molecule has 0 radical (unpaired) electrons. The number of nitrogens with one attached hydrogen (secondary N) is 3. The van der Waals surface area contributed by atoms with Gasteiger partial charge in [-0.1, -0.05) is 53.7 Å². The van der Waals surface area contributed by atoms with Gasteiger partial charge in [-0.15, -0.1) is 0 Å². The molecule has 8 heteroatoms. The van der Waals surface area contributed by atoms with E-state index in [9.17, 15) is 24.0 Å². The molecule has 0 saturated heterocycles. The van der Waals surface area contributed by atoms with Gasteiger partial charge in [0.25, 0.3) is 0 Å². The first-order valence-electron chi connectivity index (χ1n) is 12.6. The van der Waals surface area contributed by atoms with Crippen molar-refractivity contribution in [3.05, 3.63) is 12.2 Å². The fourth-order valence-electron chi connectivity index (χ4n) is 4.36. The number of hydrogen-bond acceptors (Lipinski definition) is 5. The molecule has 0 saturated carbocycles. The maximum Gasteiger partial charge on any atom is 0.225 e. The fourth-order valence-corrected chi connectivity index (χ4v) is 4.36. The van der Waals surface area contributed by atoms with Crippen LogP contribution in [0.15, 0.2) is 12.2 Å². The summed E-state index contributed by atoms with van der Waals surface area (Å²) in [7, 11) is 0. The molecule has 0 aliphatic rings. The van der Waals surface area contributed by atoms with E-state index < -0.39 is 27.3 Å². The molecule has 206 valence electrons. The van der Waals surface area contributed by atoms with Crippen LogP contribution in [0.5, 0.6) is 0 Å². The smallest absolute Gasteiger partial charge is 0.225 e. The number of carbonyl (C=O) groups is 5. The summed E-state index contributed by atoms with van der Waals surface area (Å²) in [5.41, 5.74) is -3.10. The molecule has 0 heterocycles. The van der Waals surface area contributed by atoms with Crippen LogP contribution in [0.1, 0.15) is 102 Å². The predicted octanol–water partition coefficient (Wildman–Crippen LogP) is 3.88. The quantitative estimate of drug-likeness (QED) is 0.229. The molecule has 0 aromatic carbocycles. The summed E-state index contributed by atoms with van der Waals surface area (Å²) in [4.78, 5) is 60.4. The highest BCUT2D eigenvalue weighted by Gasteiger charge is 2.36. The van der Waals surface area contributed by atoms with Crippen molar-refractivity contribution in [1.29, 1.82) is 0 Å². The van der Waals surface area contributed by atoms with E-state index in [1.165, 1.54) is 6.92 Å². The molecule has 8 nitrogen and oxygen atoms in total. The van der Waals surface area contributed by atoms with Gasteiger partial charge in [0.15, 0.2) is 0 Å². The molecule has 0 spiro atoms. The summed E-state index contributed by atoms with van der Waals surface area (Å²) in [6.45, 7) is 20.1. The van der Waals surface area contributed by atoms with Crippen LogP contribution in [0.4, 0.5) is 0 Å². The zero-order valence-corrected chi connectivity index (χ0v) is 24.3. The summed E-state index contributed by atoms with van der Waals surface area (Å²) in [5, 5.41) is 8.75. The molecule has 0 fully saturated rings. The second kappa shape index (κ2) is 12.6. The van der Waals surface area contributed by atoms with E-state index in [0.717, 1.165) is 6.29 Å². The first-order chi connectivity index (χ1) is 16.0. The number of aldehydes is 1. The van der Waals surface area contributed by atoms with Crippen molar-refractivity contribution in [3.8, 4) is 0 Å². The highest BCUT2D eigenvalue weighted by molar-refractivity contribution is 5.85. The molecule has 0 aliphatic carbocycles. The van der Waals surface area contributed by atoms with Crippen LogP contribution < -0.4 is 16.0 Å². The Labute approximate surface area is 217 Å². The van der Waals surface area contributed by atoms with E-state index in [4.69, 9.17) is 0 Å². The normalized spacial score (nSPS) is 13.3. The fraction of sp³-hybridized carbons (Fsp3) is 0.750. The molecule has 0 atom stereocenters. The largest absolute Gasteiger partial charge is 0.355 e. The van der Waals surface area contributed by atoms with Crippen LogP contribution in [0.2, 0.25) is 0 Å². The molecule has 3 N–H and O–H groups in total. The Bertz CT molecular complexity index is 851. The summed E-state index contributed by atoms with van der Waals surface area (Å²) < 4.78 is 0. The molecule has 0 rings (SSSR count). The van der Waals surface area contributed by atoms with Crippen LogP contribution >= 0.6 is 0 Å². The second-order valence-electron chi connectivity index (χ2n) is 13.2. The minimum atomic E-state index is -0.761. The van der Waals surface area contributed by atoms with Gasteiger partial charge in [0.1, 0.15) is 12.1 Å². The number of carbonyl (C=O) groups excluding carboxylic acids is 5. The Morgan fingerprint density at radius 1 is 0.667 bits per heavy atom. The first kappa shape index (κ1) is 33.5. The lowest BCUT2D eigenvalue weighted by molar-refractivity contribution is -0.133. The lowest BCUT2D eigenvalue weighted by atomic mass is 9.78. The van der Waals surface area contributed by atoms with Gasteiger partial charge in [0.05, 0.1) is 0 Å². The second-order valence-corrected chi connectivity index (χ2v) is 13.2. The summed E-state index contributed by atoms with van der Waals surface area (Å²) >= 11 is 0. The molecule has 0 aromatic rings. The summed E-state index contributed by atoms with van der Waals surface area (Å²) in [6, 6.07) is 0. The third-order valence-electron chi connectivity index (χ3n) is 6.09. The van der Waals surface area contributed by atoms with Gasteiger partial charge in [-0.2, -0.15) is 0 Å². The molecule has 36 heavy (non-hydrogen) atoms. The molecule has 0 unspecified atom stereocenters. The Morgan fingerprint density at radius 3 is 1.47 bits per heavy atom. The number of ketones is 1. The lowest BCUT2D eigenvalue weighted by Crippen LogP contribution is -2.50. The van der Waals surface area contributed by atoms with Gasteiger partial charge in [-0.05, 0) is 47.5 Å². The minimum absolute atomic E-state index is 0.00398. The monoisotopic (exact) mass is 507 g/mol. The number of rotatable bonds is 15. The van der Waals surface area contributed by atoms with Crippen molar-refractivity contribution in [1.82, 2.24) is 16.0 Å². The van der Waals surface area contributed by atoms with Gasteiger partial charge in [0.2, 0.25) is 17.7 Å². The number of amides is 3. The molecule has 0 aromatic heterocycles. The van der Waals surface area contributed by atoms with Crippen molar-refractivity contribution in [3.63, 3.8) is 0 Å². The Balaban J connectivity index is 4.74. The topological polar surface area (TPSA) is 121 Å². The Kier molecular flexibility index (Phi) is 11.8. The van der Waals surface area contributed by atoms with Crippen molar-refractivity contribution >= 4 is 29.8 Å². The Morgan fingerprint density at radius 2 is 1.08 bits per heavy atom. The van der Waals surface area contributed by atoms with Crippen LogP contribution in [-0.4, -0.2) is 47.4 Å². The van der Waals surface area contributed by atoms with Crippen LogP contribution in [0.3, 0.4) is 0 Å². The van der Waals surface area contributed by atoms with E-state index in [1.54, 1.807) is 26.0 Å². The van der Waals surface area contributed by atoms with E-state index in [1.807, 2.05) is 55.4 Å². The van der Waals surface area contributed by atoms with Gasteiger partial charge < -0.3 is 20.7 Å². The molecule has 0 bridgehead atoms. The van der Waals surface area contributed by atoms with Crippen LogP contribution in [-0.2, 0) is 24.0 Å². The maximum absolute atomic E-state index is 12.8. The van der Waals surface area contributed by atoms with Gasteiger partial charge in [-0.25, -0.2) is 0 Å². The highest BCUT2D eigenvalue weighted by atomic mass is 16.2. The van der Waals surface area contributed by atoms with Crippen molar-refractivity contribution in [2.45, 2.75) is 113 Å². The van der Waals surface area contributed by atoms with Crippen molar-refractivity contribution in [2.75, 3.05) is 6.54 Å². The molecule has 0 aliphatic heterocycles. The average molecular weight is 508 g/mol. The maximum atomic E-state index is 12.8. The third-order valence-corrected chi connectivity index (χ3v) is 6.09. The third kappa shape index (κ3) is 13.0. The predicted molar refractivity (Wildman–Crippen MR) is 143 cm³/mol. The van der Waals surface area contributed by atoms with Crippen molar-refractivity contribution < 1.29 is 24.0 Å². The summed E-state index contributed by atoms with van der Waals surface area (Å²) in [5.74, 6) is -0.563. The summed E-state index contributed by atoms with van der Waals surface area (Å²) in [6.07, 6.45) is 5.34. The number of hydrogen-bond donors (Lipinski definition) is 3. The van der Waals surface area contributed by atoms with E-state index in [0.29, 0.717) is 12.8 Å². The van der Waals surface area contributed by atoms with Gasteiger partial charge in [-0.3, -0.25) is 19.2 Å². The van der Waals surface area contributed by atoms with Crippen LogP contribution in [0, 0.1) is 16.2 Å². The van der Waals surface area contributed by atoms with E-state index >= 15 is 0 Å². The molecule has 3 amide bonds.